The maximum atomic E-state index is 13.1. The van der Waals surface area contributed by atoms with Crippen LogP contribution in [0.15, 0.2) is 5.38 Å². The molecule has 1 aliphatic carbocycles. The van der Waals surface area contributed by atoms with Gasteiger partial charge in [-0.1, -0.05) is 12.8 Å². The minimum Gasteiger partial charge on any atom is -0.344 e. The molecule has 2 heterocycles. The molecule has 2 fully saturated rings. The molecular formula is C18H27N3O2S. The van der Waals surface area contributed by atoms with Crippen molar-refractivity contribution in [1.82, 2.24) is 15.2 Å². The fraction of sp³-hybridized carbons (Fsp3) is 0.722. The second kappa shape index (κ2) is 7.64. The van der Waals surface area contributed by atoms with Gasteiger partial charge in [-0.05, 0) is 38.5 Å². The number of carbonyl (C=O) groups excluding carboxylic acids is 2. The van der Waals surface area contributed by atoms with Crippen LogP contribution in [0.4, 0.5) is 0 Å². The largest absolute Gasteiger partial charge is 0.344 e. The van der Waals surface area contributed by atoms with E-state index in [9.17, 15) is 9.59 Å². The highest BCUT2D eigenvalue weighted by Gasteiger charge is 2.36. The fourth-order valence-corrected chi connectivity index (χ4v) is 4.95. The van der Waals surface area contributed by atoms with Crippen LogP contribution >= 0.6 is 11.3 Å². The molecule has 6 heteroatoms. The average molecular weight is 350 g/mol. The third kappa shape index (κ3) is 3.97. The van der Waals surface area contributed by atoms with Crippen LogP contribution in [0.3, 0.4) is 0 Å². The van der Waals surface area contributed by atoms with Crippen LogP contribution in [0.5, 0.6) is 0 Å². The number of aromatic nitrogens is 1. The summed E-state index contributed by atoms with van der Waals surface area (Å²) in [6, 6.07) is -0.346. The SMILES string of the molecule is CC(=O)N[C@H](C(=O)N1CCC[C@@H](c2nc(C)cs2)C1)C1CCCC1. The van der Waals surface area contributed by atoms with Gasteiger partial charge in [0.2, 0.25) is 11.8 Å². The normalized spacial score (nSPS) is 23.2. The number of nitrogens with one attached hydrogen (secondary N) is 1. The second-order valence-electron chi connectivity index (χ2n) is 7.17. The Hall–Kier alpha value is -1.43. The third-order valence-electron chi connectivity index (χ3n) is 5.22. The Morgan fingerprint density at radius 1 is 1.29 bits per heavy atom. The van der Waals surface area contributed by atoms with E-state index in [1.54, 1.807) is 11.3 Å². The number of thiazole rings is 1. The van der Waals surface area contributed by atoms with E-state index < -0.39 is 0 Å². The maximum Gasteiger partial charge on any atom is 0.245 e. The summed E-state index contributed by atoms with van der Waals surface area (Å²) >= 11 is 1.70. The number of amides is 2. The number of likely N-dealkylation sites (tertiary alicyclic amines) is 1. The molecule has 1 saturated carbocycles. The molecule has 132 valence electrons. The highest BCUT2D eigenvalue weighted by atomic mass is 32.1. The molecule has 0 spiro atoms. The van der Waals surface area contributed by atoms with Gasteiger partial charge in [0.05, 0.1) is 5.01 Å². The van der Waals surface area contributed by atoms with Gasteiger partial charge in [-0.2, -0.15) is 0 Å². The lowest BCUT2D eigenvalue weighted by Gasteiger charge is -2.36. The van der Waals surface area contributed by atoms with E-state index in [0.717, 1.165) is 62.3 Å². The smallest absolute Gasteiger partial charge is 0.245 e. The quantitative estimate of drug-likeness (QED) is 0.909. The van der Waals surface area contributed by atoms with E-state index in [-0.39, 0.29) is 17.9 Å². The molecule has 1 aromatic rings. The summed E-state index contributed by atoms with van der Waals surface area (Å²) in [5.41, 5.74) is 1.06. The molecule has 24 heavy (non-hydrogen) atoms. The van der Waals surface area contributed by atoms with Crippen molar-refractivity contribution in [2.24, 2.45) is 5.92 Å². The van der Waals surface area contributed by atoms with Crippen LogP contribution in [0.25, 0.3) is 0 Å². The van der Waals surface area contributed by atoms with Crippen LogP contribution in [-0.2, 0) is 9.59 Å². The van der Waals surface area contributed by atoms with E-state index in [2.05, 4.69) is 15.7 Å². The Morgan fingerprint density at radius 2 is 2.04 bits per heavy atom. The van der Waals surface area contributed by atoms with Crippen LogP contribution < -0.4 is 5.32 Å². The van der Waals surface area contributed by atoms with Crippen LogP contribution in [0, 0.1) is 12.8 Å². The highest BCUT2D eigenvalue weighted by Crippen LogP contribution is 2.32. The molecule has 0 bridgehead atoms. The summed E-state index contributed by atoms with van der Waals surface area (Å²) in [5.74, 6) is 0.631. The van der Waals surface area contributed by atoms with Gasteiger partial charge >= 0.3 is 0 Å². The molecule has 1 saturated heterocycles. The molecular weight excluding hydrogens is 322 g/mol. The number of rotatable bonds is 4. The topological polar surface area (TPSA) is 62.3 Å². The van der Waals surface area contributed by atoms with Gasteiger partial charge in [-0.25, -0.2) is 4.98 Å². The van der Waals surface area contributed by atoms with E-state index >= 15 is 0 Å². The standard InChI is InChI=1S/C18H27N3O2S/c1-12-11-24-17(19-12)15-8-5-9-21(10-15)18(23)16(20-13(2)22)14-6-3-4-7-14/h11,14-16H,3-10H2,1-2H3,(H,20,22)/t15-,16+/m1/s1. The number of aryl methyl sites for hydroxylation is 1. The fourth-order valence-electron chi connectivity index (χ4n) is 4.03. The molecule has 0 aromatic carbocycles. The highest BCUT2D eigenvalue weighted by molar-refractivity contribution is 7.09. The van der Waals surface area contributed by atoms with Crippen molar-refractivity contribution in [3.05, 3.63) is 16.1 Å². The number of carbonyl (C=O) groups is 2. The molecule has 3 rings (SSSR count). The molecule has 2 amide bonds. The summed E-state index contributed by atoms with van der Waals surface area (Å²) in [4.78, 5) is 31.3. The van der Waals surface area contributed by atoms with E-state index in [1.165, 1.54) is 6.92 Å². The monoisotopic (exact) mass is 349 g/mol. The van der Waals surface area contributed by atoms with Crippen molar-refractivity contribution >= 4 is 23.2 Å². The molecule has 0 unspecified atom stereocenters. The number of hydrogen-bond acceptors (Lipinski definition) is 4. The Labute approximate surface area is 147 Å². The molecule has 0 radical (unpaired) electrons. The summed E-state index contributed by atoms with van der Waals surface area (Å²) in [7, 11) is 0. The van der Waals surface area contributed by atoms with Gasteiger partial charge in [-0.3, -0.25) is 9.59 Å². The van der Waals surface area contributed by atoms with Crippen molar-refractivity contribution in [3.8, 4) is 0 Å². The predicted molar refractivity (Wildman–Crippen MR) is 95.0 cm³/mol. The van der Waals surface area contributed by atoms with Crippen LogP contribution in [0.2, 0.25) is 0 Å². The predicted octanol–water partition coefficient (Wildman–Crippen LogP) is 2.85. The van der Waals surface area contributed by atoms with Gasteiger partial charge in [0, 0.05) is 37.0 Å². The van der Waals surface area contributed by atoms with E-state index in [0.29, 0.717) is 11.8 Å². The lowest BCUT2D eigenvalue weighted by molar-refractivity contribution is -0.138. The first-order chi connectivity index (χ1) is 11.5. The molecule has 5 nitrogen and oxygen atoms in total. The zero-order chi connectivity index (χ0) is 17.1. The summed E-state index contributed by atoms with van der Waals surface area (Å²) in [5, 5.41) is 6.15. The molecule has 1 aromatic heterocycles. The third-order valence-corrected chi connectivity index (χ3v) is 6.34. The summed E-state index contributed by atoms with van der Waals surface area (Å²) < 4.78 is 0. The number of hydrogen-bond donors (Lipinski definition) is 1. The second-order valence-corrected chi connectivity index (χ2v) is 8.06. The van der Waals surface area contributed by atoms with E-state index in [4.69, 9.17) is 0 Å². The first-order valence-corrected chi connectivity index (χ1v) is 9.90. The van der Waals surface area contributed by atoms with Crippen molar-refractivity contribution in [2.45, 2.75) is 64.3 Å². The van der Waals surface area contributed by atoms with Crippen molar-refractivity contribution < 1.29 is 9.59 Å². The first-order valence-electron chi connectivity index (χ1n) is 9.02. The number of piperidine rings is 1. The van der Waals surface area contributed by atoms with Gasteiger partial charge < -0.3 is 10.2 Å². The minimum atomic E-state index is -0.346. The molecule has 1 aliphatic heterocycles. The van der Waals surface area contributed by atoms with Crippen molar-refractivity contribution in [2.75, 3.05) is 13.1 Å². The summed E-state index contributed by atoms with van der Waals surface area (Å²) in [6.45, 7) is 5.04. The van der Waals surface area contributed by atoms with Gasteiger partial charge in [0.1, 0.15) is 6.04 Å². The Bertz CT molecular complexity index is 595. The van der Waals surface area contributed by atoms with Crippen molar-refractivity contribution in [3.63, 3.8) is 0 Å². The van der Waals surface area contributed by atoms with Gasteiger partial charge in [0.15, 0.2) is 0 Å². The zero-order valence-electron chi connectivity index (χ0n) is 14.6. The maximum absolute atomic E-state index is 13.1. The molecule has 1 N–H and O–H groups in total. The Morgan fingerprint density at radius 3 is 2.67 bits per heavy atom. The van der Waals surface area contributed by atoms with Crippen LogP contribution in [0.1, 0.15) is 62.1 Å². The average Bonchev–Trinajstić information content (AvgIpc) is 3.23. The van der Waals surface area contributed by atoms with Crippen molar-refractivity contribution in [1.29, 1.82) is 0 Å². The molecule has 2 atom stereocenters. The zero-order valence-corrected chi connectivity index (χ0v) is 15.4. The van der Waals surface area contributed by atoms with E-state index in [1.807, 2.05) is 11.8 Å². The summed E-state index contributed by atoms with van der Waals surface area (Å²) in [6.07, 6.45) is 6.50. The lowest BCUT2D eigenvalue weighted by Crippen LogP contribution is -2.53. The molecule has 2 aliphatic rings. The lowest BCUT2D eigenvalue weighted by atomic mass is 9.93. The minimum absolute atomic E-state index is 0.107. The van der Waals surface area contributed by atoms with Gasteiger partial charge in [-0.15, -0.1) is 11.3 Å². The first kappa shape index (κ1) is 17.4. The number of nitrogens with zero attached hydrogens (tertiary/aromatic N) is 2. The Balaban J connectivity index is 1.70. The van der Waals surface area contributed by atoms with Crippen LogP contribution in [-0.4, -0.2) is 40.8 Å². The van der Waals surface area contributed by atoms with Gasteiger partial charge in [0.25, 0.3) is 0 Å². The Kier molecular flexibility index (Phi) is 5.54.